The molecule has 0 rings (SSSR count). The highest BCUT2D eigenvalue weighted by Crippen LogP contribution is 2.10. The van der Waals surface area contributed by atoms with Crippen molar-refractivity contribution < 1.29 is 22.5 Å². The lowest BCUT2D eigenvalue weighted by molar-refractivity contribution is -0.138. The number of unbranched alkanes of at least 4 members (excludes halogenated alkanes) is 13. The van der Waals surface area contributed by atoms with Gasteiger partial charge in [-0.15, -0.1) is 0 Å². The van der Waals surface area contributed by atoms with E-state index in [1.165, 1.54) is 64.2 Å². The van der Waals surface area contributed by atoms with E-state index in [-0.39, 0.29) is 6.42 Å². The Morgan fingerprint density at radius 3 is 1.27 bits per heavy atom. The molecule has 0 spiro atoms. The summed E-state index contributed by atoms with van der Waals surface area (Å²) < 4.78 is 14.4. The van der Waals surface area contributed by atoms with Crippen LogP contribution in [0.4, 0.5) is 0 Å². The van der Waals surface area contributed by atoms with Crippen molar-refractivity contribution >= 4 is 11.9 Å². The number of carboxylic acids is 2. The number of aliphatic carboxylic acids is 2. The van der Waals surface area contributed by atoms with Crippen LogP contribution in [-0.4, -0.2) is 22.2 Å². The first-order valence-corrected chi connectivity index (χ1v) is 10.7. The average molecular weight is 375 g/mol. The number of hydrogen-bond donors (Lipinski definition) is 2. The van der Waals surface area contributed by atoms with Crippen LogP contribution >= 0.6 is 0 Å². The molecular weight excluding hydrogens is 328 g/mol. The molecule has 0 unspecified atom stereocenters. The fourth-order valence-electron chi connectivity index (χ4n) is 2.69. The lowest BCUT2D eigenvalue weighted by Crippen LogP contribution is -1.93. The molecule has 0 radical (unpaired) electrons. The van der Waals surface area contributed by atoms with Gasteiger partial charge in [0.05, 0.1) is 0 Å². The molecule has 0 saturated carbocycles. The molecule has 0 heterocycles. The maximum absolute atomic E-state index is 10.5. The summed E-state index contributed by atoms with van der Waals surface area (Å²) >= 11 is 0. The average Bonchev–Trinajstić information content (AvgIpc) is 2.63. The van der Waals surface area contributed by atoms with Crippen molar-refractivity contribution in [1.82, 2.24) is 0 Å². The molecule has 0 aliphatic carbocycles. The molecule has 4 heteroatoms. The van der Waals surface area contributed by atoms with Crippen LogP contribution in [0.2, 0.25) is 0 Å². The smallest absolute Gasteiger partial charge is 0.303 e. The third kappa shape index (κ3) is 30.8. The fraction of sp³-hybridized carbons (Fsp3) is 0.909. The van der Waals surface area contributed by atoms with E-state index in [0.29, 0.717) is 12.8 Å². The van der Waals surface area contributed by atoms with Gasteiger partial charge in [0, 0.05) is 15.5 Å². The molecule has 0 aliphatic heterocycles. The third-order valence-electron chi connectivity index (χ3n) is 4.30. The molecule has 26 heavy (non-hydrogen) atoms. The summed E-state index contributed by atoms with van der Waals surface area (Å²) in [6.45, 7) is 4.38. The number of hydrogen-bond acceptors (Lipinski definition) is 2. The van der Waals surface area contributed by atoms with Crippen molar-refractivity contribution in [1.29, 1.82) is 0 Å². The van der Waals surface area contributed by atoms with Crippen molar-refractivity contribution in [3.63, 3.8) is 0 Å². The molecule has 0 aromatic rings. The van der Waals surface area contributed by atoms with Gasteiger partial charge in [0.2, 0.25) is 0 Å². The van der Waals surface area contributed by atoms with Crippen LogP contribution < -0.4 is 0 Å². The topological polar surface area (TPSA) is 74.6 Å². The van der Waals surface area contributed by atoms with Crippen LogP contribution in [0.1, 0.15) is 132 Å². The Labute approximate surface area is 164 Å². The van der Waals surface area contributed by atoms with E-state index in [2.05, 4.69) is 13.8 Å². The van der Waals surface area contributed by atoms with E-state index in [1.54, 1.807) is 0 Å². The molecular formula is C22H44O4. The van der Waals surface area contributed by atoms with Crippen LogP contribution in [0.25, 0.3) is 0 Å². The zero-order chi connectivity index (χ0) is 21.7. The van der Waals surface area contributed by atoms with Crippen molar-refractivity contribution in [2.75, 3.05) is 0 Å². The molecule has 0 aliphatic rings. The summed E-state index contributed by atoms with van der Waals surface area (Å²) in [5, 5.41) is 16.9. The highest BCUT2D eigenvalue weighted by atomic mass is 16.4. The van der Waals surface area contributed by atoms with Crippen molar-refractivity contribution in [2.45, 2.75) is 129 Å². The zero-order valence-electron chi connectivity index (χ0n) is 19.2. The van der Waals surface area contributed by atoms with Crippen LogP contribution in [0.5, 0.6) is 0 Å². The number of rotatable bonds is 18. The Bertz CT molecular complexity index is 374. The lowest BCUT2D eigenvalue weighted by Gasteiger charge is -1.99. The fourth-order valence-corrected chi connectivity index (χ4v) is 2.69. The van der Waals surface area contributed by atoms with Gasteiger partial charge in [0.1, 0.15) is 0 Å². The maximum Gasteiger partial charge on any atom is 0.303 e. The van der Waals surface area contributed by atoms with Gasteiger partial charge >= 0.3 is 11.9 Å². The molecule has 0 saturated heterocycles. The summed E-state index contributed by atoms with van der Waals surface area (Å²) in [4.78, 5) is 20.6. The van der Waals surface area contributed by atoms with Gasteiger partial charge in [-0.2, -0.15) is 0 Å². The zero-order valence-corrected chi connectivity index (χ0v) is 17.2. The standard InChI is InChI=1S/2C11H22O2/c2*1-2-3-4-5-6-7-8-9-10-11(12)13/h2*2-10H2,1H3,(H,12,13)/i10D2;. The molecule has 0 fully saturated rings. The normalized spacial score (nSPS) is 11.9. The van der Waals surface area contributed by atoms with E-state index in [9.17, 15) is 9.59 Å². The van der Waals surface area contributed by atoms with Crippen LogP contribution in [-0.2, 0) is 9.59 Å². The van der Waals surface area contributed by atoms with Crippen molar-refractivity contribution in [2.24, 2.45) is 0 Å². The molecule has 0 amide bonds. The van der Waals surface area contributed by atoms with Gasteiger partial charge in [0.25, 0.3) is 0 Å². The number of carbonyl (C=O) groups is 2. The first kappa shape index (κ1) is 23.0. The Morgan fingerprint density at radius 1 is 0.577 bits per heavy atom. The molecule has 0 bridgehead atoms. The van der Waals surface area contributed by atoms with Gasteiger partial charge in [-0.05, 0) is 12.8 Å². The van der Waals surface area contributed by atoms with Crippen molar-refractivity contribution in [3.05, 3.63) is 0 Å². The SMILES string of the molecule is CCCCCCCCCCC(=O)O.[2H]C([2H])(CCCCCCCCC)C(=O)O. The van der Waals surface area contributed by atoms with E-state index < -0.39 is 18.3 Å². The minimum Gasteiger partial charge on any atom is -0.481 e. The molecule has 2 N–H and O–H groups in total. The Kier molecular flexibility index (Phi) is 21.2. The Morgan fingerprint density at radius 2 is 0.923 bits per heavy atom. The van der Waals surface area contributed by atoms with E-state index in [4.69, 9.17) is 13.0 Å². The lowest BCUT2D eigenvalue weighted by atomic mass is 10.1. The van der Waals surface area contributed by atoms with E-state index in [0.717, 1.165) is 25.7 Å². The highest BCUT2D eigenvalue weighted by Gasteiger charge is 1.97. The second kappa shape index (κ2) is 23.9. The van der Waals surface area contributed by atoms with Crippen LogP contribution in [0.3, 0.4) is 0 Å². The third-order valence-corrected chi connectivity index (χ3v) is 4.30. The molecule has 4 nitrogen and oxygen atoms in total. The molecule has 0 aromatic carbocycles. The summed E-state index contributed by atoms with van der Waals surface area (Å²) in [6, 6.07) is 0. The minimum absolute atomic E-state index is 0.135. The predicted octanol–water partition coefficient (Wildman–Crippen LogP) is 7.20. The predicted molar refractivity (Wildman–Crippen MR) is 110 cm³/mol. The molecule has 0 atom stereocenters. The summed E-state index contributed by atoms with van der Waals surface area (Å²) in [5.74, 6) is -2.00. The van der Waals surface area contributed by atoms with E-state index in [1.807, 2.05) is 0 Å². The monoisotopic (exact) mass is 374 g/mol. The van der Waals surface area contributed by atoms with Crippen LogP contribution in [0.15, 0.2) is 0 Å². The van der Waals surface area contributed by atoms with E-state index >= 15 is 0 Å². The van der Waals surface area contributed by atoms with Gasteiger partial charge in [-0.3, -0.25) is 9.59 Å². The summed E-state index contributed by atoms with van der Waals surface area (Å²) in [7, 11) is 0. The second-order valence-electron chi connectivity index (χ2n) is 6.97. The highest BCUT2D eigenvalue weighted by molar-refractivity contribution is 5.66. The van der Waals surface area contributed by atoms with Crippen LogP contribution in [0, 0.1) is 0 Å². The quantitative estimate of drug-likeness (QED) is 0.249. The largest absolute Gasteiger partial charge is 0.481 e. The number of carboxylic acid groups (broad SMARTS) is 2. The maximum atomic E-state index is 10.5. The Hall–Kier alpha value is -1.06. The first-order valence-electron chi connectivity index (χ1n) is 11.7. The van der Waals surface area contributed by atoms with Gasteiger partial charge in [-0.25, -0.2) is 0 Å². The minimum atomic E-state index is -2.04. The van der Waals surface area contributed by atoms with Gasteiger partial charge in [0.15, 0.2) is 0 Å². The van der Waals surface area contributed by atoms with Crippen molar-refractivity contribution in [3.8, 4) is 0 Å². The molecule has 0 aromatic heterocycles. The first-order chi connectivity index (χ1) is 13.3. The molecule has 156 valence electrons. The summed E-state index contributed by atoms with van der Waals surface area (Å²) in [5.41, 5.74) is 0. The van der Waals surface area contributed by atoms with Gasteiger partial charge < -0.3 is 10.2 Å². The second-order valence-corrected chi connectivity index (χ2v) is 6.97. The summed E-state index contributed by atoms with van der Waals surface area (Å²) in [6.07, 6.45) is 15.8. The Balaban J connectivity index is 0. The van der Waals surface area contributed by atoms with Gasteiger partial charge in [-0.1, -0.05) is 104 Å².